The molecule has 1 aromatic heterocycles. The molecule has 1 aliphatic heterocycles. The first kappa shape index (κ1) is 26.2. The molecule has 186 valence electrons. The Morgan fingerprint density at radius 2 is 2.09 bits per heavy atom. The van der Waals surface area contributed by atoms with E-state index in [9.17, 15) is 19.1 Å². The van der Waals surface area contributed by atoms with Crippen LogP contribution in [0.2, 0.25) is 0 Å². The van der Waals surface area contributed by atoms with Crippen molar-refractivity contribution in [1.29, 1.82) is 0 Å². The summed E-state index contributed by atoms with van der Waals surface area (Å²) in [6, 6.07) is 6.77. The lowest BCUT2D eigenvalue weighted by Crippen LogP contribution is -2.50. The maximum atomic E-state index is 13.6. The van der Waals surface area contributed by atoms with Gasteiger partial charge in [0.05, 0.1) is 19.2 Å². The summed E-state index contributed by atoms with van der Waals surface area (Å²) in [5, 5.41) is 9.79. The standard InChI is InChI=1S/C27H32FN3O4/c1-17(2)9-10-20-11-23-25(29-13-20)35-24(18(3)14-31(27(23)34)19(4)16-32)15-30(5)26(33)21-7-6-8-22(28)12-21/h6-8,11-13,17-19,24,32H,14-16H2,1-5H3/t18-,19-,24+/m1/s1. The van der Waals surface area contributed by atoms with Gasteiger partial charge in [0.1, 0.15) is 17.5 Å². The molecule has 1 aromatic carbocycles. The van der Waals surface area contributed by atoms with Gasteiger partial charge < -0.3 is 19.6 Å². The fourth-order valence-corrected chi connectivity index (χ4v) is 3.81. The zero-order chi connectivity index (χ0) is 25.7. The molecule has 1 aliphatic rings. The number of aromatic nitrogens is 1. The molecule has 0 saturated heterocycles. The highest BCUT2D eigenvalue weighted by atomic mass is 19.1. The molecule has 8 heteroatoms. The summed E-state index contributed by atoms with van der Waals surface area (Å²) in [6.07, 6.45) is 1.06. The Morgan fingerprint density at radius 3 is 2.74 bits per heavy atom. The molecule has 35 heavy (non-hydrogen) atoms. The van der Waals surface area contributed by atoms with Crippen molar-refractivity contribution in [1.82, 2.24) is 14.8 Å². The van der Waals surface area contributed by atoms with Gasteiger partial charge in [0.2, 0.25) is 5.88 Å². The Balaban J connectivity index is 1.95. The van der Waals surface area contributed by atoms with E-state index in [0.29, 0.717) is 12.1 Å². The summed E-state index contributed by atoms with van der Waals surface area (Å²) in [7, 11) is 1.63. The maximum absolute atomic E-state index is 13.6. The number of likely N-dealkylation sites (N-methyl/N-ethyl adjacent to an activating group) is 1. The minimum absolute atomic E-state index is 0.156. The van der Waals surface area contributed by atoms with Crippen molar-refractivity contribution in [2.45, 2.75) is 39.8 Å². The summed E-state index contributed by atoms with van der Waals surface area (Å²) >= 11 is 0. The number of hydrogen-bond donors (Lipinski definition) is 1. The van der Waals surface area contributed by atoms with Gasteiger partial charge in [0, 0.05) is 42.8 Å². The van der Waals surface area contributed by atoms with Gasteiger partial charge >= 0.3 is 0 Å². The molecule has 0 fully saturated rings. The second kappa shape index (κ2) is 11.3. The third-order valence-corrected chi connectivity index (χ3v) is 5.90. The Labute approximate surface area is 205 Å². The van der Waals surface area contributed by atoms with Crippen molar-refractivity contribution in [2.75, 3.05) is 26.7 Å². The first-order valence-corrected chi connectivity index (χ1v) is 11.7. The van der Waals surface area contributed by atoms with Crippen molar-refractivity contribution >= 4 is 11.8 Å². The van der Waals surface area contributed by atoms with E-state index in [-0.39, 0.29) is 53.8 Å². The molecular formula is C27H32FN3O4. The molecule has 3 rings (SSSR count). The first-order valence-electron chi connectivity index (χ1n) is 11.7. The van der Waals surface area contributed by atoms with E-state index >= 15 is 0 Å². The van der Waals surface area contributed by atoms with E-state index in [1.807, 2.05) is 20.8 Å². The third kappa shape index (κ3) is 6.37. The first-order chi connectivity index (χ1) is 16.6. The topological polar surface area (TPSA) is 83.0 Å². The summed E-state index contributed by atoms with van der Waals surface area (Å²) in [5.41, 5.74) is 1.09. The van der Waals surface area contributed by atoms with Gasteiger partial charge in [-0.3, -0.25) is 9.59 Å². The third-order valence-electron chi connectivity index (χ3n) is 5.90. The van der Waals surface area contributed by atoms with E-state index < -0.39 is 18.0 Å². The van der Waals surface area contributed by atoms with E-state index in [1.165, 1.54) is 23.1 Å². The van der Waals surface area contributed by atoms with Gasteiger partial charge in [-0.2, -0.15) is 0 Å². The quantitative estimate of drug-likeness (QED) is 0.663. The number of pyridine rings is 1. The summed E-state index contributed by atoms with van der Waals surface area (Å²) in [4.78, 5) is 33.8. The molecule has 2 heterocycles. The fraction of sp³-hybridized carbons (Fsp3) is 0.444. The average Bonchev–Trinajstić information content (AvgIpc) is 2.83. The monoisotopic (exact) mass is 481 g/mol. The van der Waals surface area contributed by atoms with E-state index in [0.717, 1.165) is 0 Å². The van der Waals surface area contributed by atoms with E-state index in [4.69, 9.17) is 4.74 Å². The highest BCUT2D eigenvalue weighted by Gasteiger charge is 2.34. The molecule has 0 spiro atoms. The Bertz CT molecular complexity index is 1140. The van der Waals surface area contributed by atoms with Crippen LogP contribution in [0.5, 0.6) is 5.88 Å². The van der Waals surface area contributed by atoms with Crippen LogP contribution in [0.1, 0.15) is 54.0 Å². The normalized spacial score (nSPS) is 18.5. The van der Waals surface area contributed by atoms with Gasteiger partial charge in [-0.25, -0.2) is 9.37 Å². The molecule has 3 atom stereocenters. The Hall–Kier alpha value is -3.44. The fourth-order valence-electron chi connectivity index (χ4n) is 3.81. The number of carbonyl (C=O) groups excluding carboxylic acids is 2. The van der Waals surface area contributed by atoms with Gasteiger partial charge in [0.15, 0.2) is 0 Å². The number of hydrogen-bond acceptors (Lipinski definition) is 5. The molecular weight excluding hydrogens is 449 g/mol. The number of fused-ring (bicyclic) bond motifs is 1. The Kier molecular flexibility index (Phi) is 8.47. The average molecular weight is 482 g/mol. The lowest BCUT2D eigenvalue weighted by atomic mass is 9.99. The van der Waals surface area contributed by atoms with Crippen LogP contribution in [-0.2, 0) is 0 Å². The van der Waals surface area contributed by atoms with Crippen molar-refractivity contribution in [3.63, 3.8) is 0 Å². The Morgan fingerprint density at radius 1 is 1.34 bits per heavy atom. The highest BCUT2D eigenvalue weighted by molar-refractivity contribution is 5.97. The smallest absolute Gasteiger partial charge is 0.259 e. The van der Waals surface area contributed by atoms with Crippen LogP contribution in [0.15, 0.2) is 36.5 Å². The molecule has 2 aromatic rings. The lowest BCUT2D eigenvalue weighted by Gasteiger charge is -2.37. The van der Waals surface area contributed by atoms with Gasteiger partial charge in [-0.15, -0.1) is 0 Å². The number of carbonyl (C=O) groups is 2. The van der Waals surface area contributed by atoms with Crippen LogP contribution in [0, 0.1) is 29.5 Å². The maximum Gasteiger partial charge on any atom is 0.259 e. The van der Waals surface area contributed by atoms with Crippen molar-refractivity contribution < 1.29 is 23.8 Å². The molecule has 1 N–H and O–H groups in total. The van der Waals surface area contributed by atoms with Crippen LogP contribution < -0.4 is 4.74 Å². The number of halogens is 1. The number of rotatable bonds is 5. The van der Waals surface area contributed by atoms with Crippen molar-refractivity contribution in [3.05, 3.63) is 59.0 Å². The zero-order valence-electron chi connectivity index (χ0n) is 20.8. The second-order valence-electron chi connectivity index (χ2n) is 9.32. The van der Waals surface area contributed by atoms with Crippen molar-refractivity contribution in [2.24, 2.45) is 11.8 Å². The minimum Gasteiger partial charge on any atom is -0.472 e. The van der Waals surface area contributed by atoms with Crippen LogP contribution in [0.25, 0.3) is 0 Å². The van der Waals surface area contributed by atoms with Gasteiger partial charge in [-0.1, -0.05) is 38.7 Å². The van der Waals surface area contributed by atoms with Gasteiger partial charge in [-0.05, 0) is 31.2 Å². The van der Waals surface area contributed by atoms with Gasteiger partial charge in [0.25, 0.3) is 11.8 Å². The zero-order valence-corrected chi connectivity index (χ0v) is 20.8. The number of nitrogens with zero attached hydrogens (tertiary/aromatic N) is 3. The highest BCUT2D eigenvalue weighted by Crippen LogP contribution is 2.27. The van der Waals surface area contributed by atoms with E-state index in [2.05, 4.69) is 16.8 Å². The predicted molar refractivity (Wildman–Crippen MR) is 130 cm³/mol. The van der Waals surface area contributed by atoms with E-state index in [1.54, 1.807) is 37.2 Å². The summed E-state index contributed by atoms with van der Waals surface area (Å²) in [5.74, 6) is 5.10. The number of benzene rings is 1. The number of amides is 2. The lowest BCUT2D eigenvalue weighted by molar-refractivity contribution is 0.0313. The van der Waals surface area contributed by atoms with Crippen molar-refractivity contribution in [3.8, 4) is 17.7 Å². The SMILES string of the molecule is CC(C)C#Cc1cnc2c(c1)C(=O)N([C@H](C)CO)C[C@@H](C)[C@H](CN(C)C(=O)c1cccc(F)c1)O2. The molecule has 2 amide bonds. The second-order valence-corrected chi connectivity index (χ2v) is 9.32. The van der Waals surface area contributed by atoms with Crippen LogP contribution >= 0.6 is 0 Å². The summed E-state index contributed by atoms with van der Waals surface area (Å²) in [6.45, 7) is 7.95. The number of ether oxygens (including phenoxy) is 1. The minimum atomic E-state index is -0.502. The van der Waals surface area contributed by atoms with Crippen LogP contribution in [0.3, 0.4) is 0 Å². The van der Waals surface area contributed by atoms with Crippen LogP contribution in [0.4, 0.5) is 4.39 Å². The molecule has 0 unspecified atom stereocenters. The summed E-state index contributed by atoms with van der Waals surface area (Å²) < 4.78 is 19.8. The molecule has 7 nitrogen and oxygen atoms in total. The van der Waals surface area contributed by atoms with Crippen LogP contribution in [-0.4, -0.2) is 70.6 Å². The number of aliphatic hydroxyl groups is 1. The number of aliphatic hydroxyl groups excluding tert-OH is 1. The predicted octanol–water partition coefficient (Wildman–Crippen LogP) is 3.22. The largest absolute Gasteiger partial charge is 0.472 e. The molecule has 0 radical (unpaired) electrons. The molecule has 0 aliphatic carbocycles. The molecule has 0 saturated carbocycles. The molecule has 0 bridgehead atoms.